The zero-order chi connectivity index (χ0) is 10.6. The molecule has 76 valence electrons. The number of hydrogen-bond acceptors (Lipinski definition) is 2. The van der Waals surface area contributed by atoms with Crippen LogP contribution < -0.4 is 0 Å². The van der Waals surface area contributed by atoms with Gasteiger partial charge in [-0.1, -0.05) is 29.6 Å². The summed E-state index contributed by atoms with van der Waals surface area (Å²) < 4.78 is 5.24. The number of rotatable bonds is 2. The fraction of sp³-hybridized carbons (Fsp3) is 0.455. The van der Waals surface area contributed by atoms with Gasteiger partial charge in [-0.05, 0) is 20.8 Å². The molecule has 0 aliphatic heterocycles. The normalized spacial score (nSPS) is 11.1. The average Bonchev–Trinajstić information content (AvgIpc) is 2.14. The van der Waals surface area contributed by atoms with Crippen LogP contribution in [0.5, 0.6) is 0 Å². The highest BCUT2D eigenvalue weighted by Crippen LogP contribution is 2.15. The molecule has 3 heteroatoms. The zero-order valence-electron chi connectivity index (χ0n) is 8.91. The van der Waals surface area contributed by atoms with E-state index in [1.165, 1.54) is 0 Å². The molecule has 0 N–H and O–H groups in total. The quantitative estimate of drug-likeness (QED) is 0.550. The summed E-state index contributed by atoms with van der Waals surface area (Å²) in [5.41, 5.74) is 3.86. The van der Waals surface area contributed by atoms with Gasteiger partial charge in [0.15, 0.2) is 0 Å². The zero-order valence-corrected chi connectivity index (χ0v) is 9.91. The maximum atomic E-state index is 11.4. The molecule has 0 aliphatic carbocycles. The van der Waals surface area contributed by atoms with Crippen LogP contribution in [-0.4, -0.2) is 14.4 Å². The molecule has 0 spiro atoms. The predicted molar refractivity (Wildman–Crippen MR) is 57.9 cm³/mol. The van der Waals surface area contributed by atoms with Crippen LogP contribution in [0.15, 0.2) is 29.6 Å². The lowest BCUT2D eigenvalue weighted by molar-refractivity contribution is -0.153. The minimum absolute atomic E-state index is 0.119. The Kier molecular flexibility index (Phi) is 3.58. The van der Waals surface area contributed by atoms with Gasteiger partial charge in [-0.15, -0.1) is 0 Å². The van der Waals surface area contributed by atoms with Gasteiger partial charge >= 0.3 is 5.97 Å². The minimum atomic E-state index is -0.738. The molecule has 14 heavy (non-hydrogen) atoms. The van der Waals surface area contributed by atoms with Crippen molar-refractivity contribution < 1.29 is 9.53 Å². The second kappa shape index (κ2) is 4.51. The average molecular weight is 208 g/mol. The summed E-state index contributed by atoms with van der Waals surface area (Å²) in [5, 5.41) is 0. The van der Waals surface area contributed by atoms with Crippen LogP contribution in [0.2, 0.25) is 0 Å². The van der Waals surface area contributed by atoms with Crippen LogP contribution in [0.25, 0.3) is 0 Å². The Bertz CT molecular complexity index is 301. The first-order valence-electron chi connectivity index (χ1n) is 4.71. The highest BCUT2D eigenvalue weighted by molar-refractivity contribution is 6.48. The molecule has 0 fully saturated rings. The molecule has 0 radical (unpaired) electrons. The largest absolute Gasteiger partial charge is 0.465 e. The van der Waals surface area contributed by atoms with E-state index in [1.54, 1.807) is 0 Å². The van der Waals surface area contributed by atoms with Crippen LogP contribution in [0, 0.1) is 5.41 Å². The maximum absolute atomic E-state index is 11.4. The molecule has 0 saturated heterocycles. The Morgan fingerprint density at radius 2 is 1.79 bits per heavy atom. The summed E-state index contributed by atoms with van der Waals surface area (Å²) in [5.74, 6) is -0.119. The van der Waals surface area contributed by atoms with Crippen molar-refractivity contribution in [3.63, 3.8) is 0 Å². The fourth-order valence-electron chi connectivity index (χ4n) is 0.940. The van der Waals surface area contributed by atoms with Crippen molar-refractivity contribution in [1.82, 2.24) is 0 Å². The van der Waals surface area contributed by atoms with E-state index in [9.17, 15) is 4.79 Å². The molecule has 1 aromatic rings. The van der Waals surface area contributed by atoms with Gasteiger partial charge in [0.05, 0.1) is 20.0 Å². The van der Waals surface area contributed by atoms with Crippen molar-refractivity contribution >= 4 is 14.4 Å². The van der Waals surface area contributed by atoms with Gasteiger partial charge in [-0.3, -0.25) is 4.79 Å². The number of ether oxygens (including phenoxy) is 1. The van der Waals surface area contributed by atoms with E-state index in [0.29, 0.717) is 6.23 Å². The molecule has 1 aromatic heterocycles. The molecule has 1 rings (SSSR count). The molecule has 0 amide bonds. The molecular weight excluding hydrogens is 192 g/mol. The van der Waals surface area contributed by atoms with Gasteiger partial charge < -0.3 is 4.74 Å². The molecule has 0 saturated carbocycles. The number of hydrogen-bond donors (Lipinski definition) is 0. The van der Waals surface area contributed by atoms with Gasteiger partial charge in [-0.25, -0.2) is 0 Å². The fourth-order valence-corrected chi connectivity index (χ4v) is 2.26. The van der Waals surface area contributed by atoms with Crippen molar-refractivity contribution in [2.75, 3.05) is 0 Å². The summed E-state index contributed by atoms with van der Waals surface area (Å²) in [6.45, 7) is 5.60. The third-order valence-electron chi connectivity index (χ3n) is 1.83. The van der Waals surface area contributed by atoms with Crippen LogP contribution in [0.3, 0.4) is 0 Å². The summed E-state index contributed by atoms with van der Waals surface area (Å²) in [4.78, 5) is 11.4. The lowest BCUT2D eigenvalue weighted by Crippen LogP contribution is -2.24. The van der Waals surface area contributed by atoms with Crippen LogP contribution in [0.4, 0.5) is 0 Å². The second-order valence-corrected chi connectivity index (χ2v) is 6.42. The highest BCUT2D eigenvalue weighted by Gasteiger charge is 2.22. The van der Waals surface area contributed by atoms with Gasteiger partial charge in [0.2, 0.25) is 0 Å². The third kappa shape index (κ3) is 3.42. The Morgan fingerprint density at radius 3 is 2.29 bits per heavy atom. The topological polar surface area (TPSA) is 26.3 Å². The Hall–Kier alpha value is -0.963. The van der Waals surface area contributed by atoms with Gasteiger partial charge in [0.25, 0.3) is 0 Å². The van der Waals surface area contributed by atoms with E-state index in [0.717, 1.165) is 0 Å². The first kappa shape index (κ1) is 11.1. The molecule has 0 aromatic carbocycles. The van der Waals surface area contributed by atoms with Crippen molar-refractivity contribution in [3.05, 3.63) is 29.6 Å². The lowest BCUT2D eigenvalue weighted by atomic mass is 9.98. The van der Waals surface area contributed by atoms with Crippen molar-refractivity contribution in [2.24, 2.45) is 5.41 Å². The monoisotopic (exact) mass is 208 g/mol. The van der Waals surface area contributed by atoms with E-state index in [1.807, 2.05) is 39.0 Å². The van der Waals surface area contributed by atoms with Crippen LogP contribution >= 0.6 is 0 Å². The standard InChI is InChI=1S/C11H16O2Si/c1-11(2,3)10(12)13-9-14-7-5-4-6-8-14/h4-8H,9H2,1-3H3. The van der Waals surface area contributed by atoms with E-state index in [-0.39, 0.29) is 5.97 Å². The van der Waals surface area contributed by atoms with Crippen LogP contribution in [0.1, 0.15) is 20.8 Å². The molecule has 2 nitrogen and oxygen atoms in total. The van der Waals surface area contributed by atoms with Crippen molar-refractivity contribution in [3.8, 4) is 0 Å². The van der Waals surface area contributed by atoms with E-state index >= 15 is 0 Å². The number of carbonyl (C=O) groups excluding carboxylic acids is 1. The summed E-state index contributed by atoms with van der Waals surface area (Å²) in [6.07, 6.45) is 0.543. The first-order valence-corrected chi connectivity index (χ1v) is 6.57. The van der Waals surface area contributed by atoms with Crippen molar-refractivity contribution in [1.29, 1.82) is 0 Å². The third-order valence-corrected chi connectivity index (χ3v) is 3.54. The van der Waals surface area contributed by atoms with Crippen LogP contribution in [-0.2, 0) is 15.8 Å². The summed E-state index contributed by atoms with van der Waals surface area (Å²) in [6, 6.07) is 6.01. The molecule has 0 bridgehead atoms. The summed E-state index contributed by atoms with van der Waals surface area (Å²) >= 11 is 0. The van der Waals surface area contributed by atoms with E-state index < -0.39 is 13.8 Å². The Morgan fingerprint density at radius 1 is 1.21 bits per heavy atom. The maximum Gasteiger partial charge on any atom is 0.311 e. The van der Waals surface area contributed by atoms with E-state index in [2.05, 4.69) is 11.4 Å². The Balaban J connectivity index is 2.46. The Labute approximate surface area is 86.4 Å². The first-order chi connectivity index (χ1) is 6.50. The minimum Gasteiger partial charge on any atom is -0.465 e. The molecule has 0 aliphatic rings. The van der Waals surface area contributed by atoms with E-state index in [4.69, 9.17) is 4.74 Å². The second-order valence-electron chi connectivity index (χ2n) is 4.31. The van der Waals surface area contributed by atoms with Gasteiger partial charge in [-0.2, -0.15) is 0 Å². The number of esters is 1. The highest BCUT2D eigenvalue weighted by atomic mass is 28.2. The van der Waals surface area contributed by atoms with Crippen molar-refractivity contribution in [2.45, 2.75) is 27.0 Å². The predicted octanol–water partition coefficient (Wildman–Crippen LogP) is 2.26. The SMILES string of the molecule is CC(C)(C)C(=O)OC[si]1ccccc1. The summed E-state index contributed by atoms with van der Waals surface area (Å²) in [7, 11) is -0.738. The lowest BCUT2D eigenvalue weighted by Gasteiger charge is -2.16. The molecular formula is C11H16O2Si. The molecule has 1 heterocycles. The molecule has 0 atom stereocenters. The molecule has 0 unspecified atom stereocenters. The number of carbonyl (C=O) groups is 1. The van der Waals surface area contributed by atoms with Gasteiger partial charge in [0.1, 0.15) is 0 Å². The van der Waals surface area contributed by atoms with Gasteiger partial charge in [0, 0.05) is 0 Å². The smallest absolute Gasteiger partial charge is 0.311 e.